The molecule has 6 nitrogen and oxygen atoms in total. The molecule has 138 valence electrons. The molecule has 4 rings (SSSR count). The molecule has 0 aliphatic rings. The number of amides is 1. The van der Waals surface area contributed by atoms with Crippen LogP contribution < -0.4 is 10.9 Å². The smallest absolute Gasteiger partial charge is 0.276 e. The van der Waals surface area contributed by atoms with Gasteiger partial charge in [0.15, 0.2) is 5.69 Å². The lowest BCUT2D eigenvalue weighted by Crippen LogP contribution is -2.24. The molecule has 0 atom stereocenters. The molecule has 0 radical (unpaired) electrons. The first kappa shape index (κ1) is 17.8. The first-order valence-corrected chi connectivity index (χ1v) is 10.9. The fourth-order valence-corrected chi connectivity index (χ4v) is 4.05. The molecular weight excluding hydrogens is 380 g/mol. The number of carbonyl (C=O) groups is 1. The fraction of sp³-hybridized carbons (Fsp3) is 0.211. The molecule has 3 N–H and O–H groups in total. The summed E-state index contributed by atoms with van der Waals surface area (Å²) in [6, 6.07) is 7.32. The van der Waals surface area contributed by atoms with Gasteiger partial charge in [0.2, 0.25) is 0 Å². The molecule has 8 heteroatoms. The highest BCUT2D eigenvalue weighted by atomic mass is 32.2. The number of H-pyrrole nitrogens is 2. The van der Waals surface area contributed by atoms with E-state index in [-0.39, 0.29) is 11.5 Å². The molecule has 27 heavy (non-hydrogen) atoms. The van der Waals surface area contributed by atoms with Crippen molar-refractivity contribution in [3.05, 3.63) is 50.9 Å². The summed E-state index contributed by atoms with van der Waals surface area (Å²) >= 11 is 3.26. The number of fused-ring (bicyclic) bond motifs is 2. The summed E-state index contributed by atoms with van der Waals surface area (Å²) in [7, 11) is 0. The van der Waals surface area contributed by atoms with Gasteiger partial charge < -0.3 is 15.3 Å². The van der Waals surface area contributed by atoms with Crippen molar-refractivity contribution in [3.63, 3.8) is 0 Å². The lowest BCUT2D eigenvalue weighted by molar-refractivity contribution is 0.0954. The summed E-state index contributed by atoms with van der Waals surface area (Å²) in [6.45, 7) is 0.663. The van der Waals surface area contributed by atoms with Crippen LogP contribution in [0.1, 0.15) is 16.8 Å². The van der Waals surface area contributed by atoms with Gasteiger partial charge >= 0.3 is 0 Å². The average Bonchev–Trinajstić information content (AvgIpc) is 3.29. The maximum Gasteiger partial charge on any atom is 0.276 e. The van der Waals surface area contributed by atoms with Crippen molar-refractivity contribution in [2.24, 2.45) is 0 Å². The van der Waals surface area contributed by atoms with E-state index in [0.717, 1.165) is 34.1 Å². The van der Waals surface area contributed by atoms with Crippen molar-refractivity contribution in [2.75, 3.05) is 18.6 Å². The maximum absolute atomic E-state index is 12.4. The summed E-state index contributed by atoms with van der Waals surface area (Å²) in [6.07, 6.45) is 3.00. The molecule has 4 aromatic rings. The van der Waals surface area contributed by atoms with Crippen LogP contribution in [0, 0.1) is 0 Å². The number of thioether (sulfide) groups is 1. The number of hydrogen-bond donors (Lipinski definition) is 3. The molecule has 0 aliphatic carbocycles. The van der Waals surface area contributed by atoms with E-state index in [1.54, 1.807) is 17.8 Å². The first-order valence-electron chi connectivity index (χ1n) is 8.52. The van der Waals surface area contributed by atoms with Crippen LogP contribution >= 0.6 is 23.1 Å². The molecule has 0 spiro atoms. The van der Waals surface area contributed by atoms with Crippen LogP contribution in [0.25, 0.3) is 33.3 Å². The SMILES string of the molecule is CSCCCNC(=O)c1ccc2[nH]c(-c3nc4cscc4[nH]c3=O)cc2c1. The number of rotatable bonds is 6. The fourth-order valence-electron chi connectivity index (χ4n) is 2.93. The van der Waals surface area contributed by atoms with Gasteiger partial charge in [-0.25, -0.2) is 4.98 Å². The third-order valence-corrected chi connectivity index (χ3v) is 5.71. The topological polar surface area (TPSA) is 90.6 Å². The van der Waals surface area contributed by atoms with E-state index in [1.165, 1.54) is 11.3 Å². The van der Waals surface area contributed by atoms with Crippen molar-refractivity contribution in [1.29, 1.82) is 0 Å². The highest BCUT2D eigenvalue weighted by molar-refractivity contribution is 7.98. The standard InChI is InChI=1S/C19H18N4O2S2/c1-26-6-2-5-20-18(24)11-3-4-13-12(7-11)8-14(21-13)17-19(25)23-16-10-27-9-15(16)22-17/h3-4,7-10,21H,2,5-6H2,1H3,(H,20,24)(H,23,25). The van der Waals surface area contributed by atoms with Gasteiger partial charge in [0.25, 0.3) is 11.5 Å². The van der Waals surface area contributed by atoms with Crippen molar-refractivity contribution in [2.45, 2.75) is 6.42 Å². The molecular formula is C19H18N4O2S2. The van der Waals surface area contributed by atoms with E-state index in [1.807, 2.05) is 29.0 Å². The van der Waals surface area contributed by atoms with E-state index >= 15 is 0 Å². The second-order valence-electron chi connectivity index (χ2n) is 6.17. The number of carbonyl (C=O) groups excluding carboxylic acids is 1. The molecule has 0 fully saturated rings. The van der Waals surface area contributed by atoms with Gasteiger partial charge in [-0.2, -0.15) is 11.8 Å². The van der Waals surface area contributed by atoms with Crippen molar-refractivity contribution in [1.82, 2.24) is 20.3 Å². The van der Waals surface area contributed by atoms with E-state index in [4.69, 9.17) is 0 Å². The van der Waals surface area contributed by atoms with Crippen LogP contribution in [0.3, 0.4) is 0 Å². The zero-order valence-corrected chi connectivity index (χ0v) is 16.3. The minimum Gasteiger partial charge on any atom is -0.353 e. The Kier molecular flexibility index (Phi) is 5.00. The Hall–Kier alpha value is -2.58. The summed E-state index contributed by atoms with van der Waals surface area (Å²) in [5.41, 5.74) is 3.71. The molecule has 0 saturated carbocycles. The van der Waals surface area contributed by atoms with Gasteiger partial charge in [0.05, 0.1) is 16.7 Å². The lowest BCUT2D eigenvalue weighted by Gasteiger charge is -2.04. The molecule has 3 aromatic heterocycles. The maximum atomic E-state index is 12.4. The number of aromatic amines is 2. The van der Waals surface area contributed by atoms with E-state index in [2.05, 4.69) is 26.5 Å². The van der Waals surface area contributed by atoms with Gasteiger partial charge in [-0.05, 0) is 42.7 Å². The molecule has 0 unspecified atom stereocenters. The number of thiophene rings is 1. The van der Waals surface area contributed by atoms with E-state index in [0.29, 0.717) is 23.5 Å². The predicted molar refractivity (Wildman–Crippen MR) is 113 cm³/mol. The molecule has 0 aliphatic heterocycles. The quantitative estimate of drug-likeness (QED) is 0.433. The largest absolute Gasteiger partial charge is 0.353 e. The number of benzene rings is 1. The van der Waals surface area contributed by atoms with Gasteiger partial charge in [-0.3, -0.25) is 9.59 Å². The van der Waals surface area contributed by atoms with Crippen LogP contribution in [0.5, 0.6) is 0 Å². The minimum absolute atomic E-state index is 0.0866. The molecule has 0 bridgehead atoms. The minimum atomic E-state index is -0.237. The highest BCUT2D eigenvalue weighted by Crippen LogP contribution is 2.23. The molecule has 0 saturated heterocycles. The number of nitrogens with zero attached hydrogens (tertiary/aromatic N) is 1. The number of hydrogen-bond acceptors (Lipinski definition) is 5. The summed E-state index contributed by atoms with van der Waals surface area (Å²) in [5.74, 6) is 0.938. The zero-order valence-electron chi connectivity index (χ0n) is 14.7. The molecule has 1 amide bonds. The van der Waals surface area contributed by atoms with Crippen molar-refractivity contribution in [3.8, 4) is 11.4 Å². The van der Waals surface area contributed by atoms with Crippen LogP contribution in [0.15, 0.2) is 39.8 Å². The summed E-state index contributed by atoms with van der Waals surface area (Å²) in [4.78, 5) is 35.2. The van der Waals surface area contributed by atoms with Crippen LogP contribution in [-0.2, 0) is 0 Å². The Morgan fingerprint density at radius 2 is 2.11 bits per heavy atom. The third-order valence-electron chi connectivity index (χ3n) is 4.29. The Morgan fingerprint density at radius 1 is 1.22 bits per heavy atom. The van der Waals surface area contributed by atoms with Gasteiger partial charge in [-0.15, -0.1) is 11.3 Å². The van der Waals surface area contributed by atoms with Gasteiger partial charge in [0.1, 0.15) is 0 Å². The van der Waals surface area contributed by atoms with Gasteiger partial charge in [-0.1, -0.05) is 0 Å². The number of nitrogens with one attached hydrogen (secondary N) is 3. The molecule has 3 heterocycles. The van der Waals surface area contributed by atoms with Crippen LogP contribution in [0.4, 0.5) is 0 Å². The van der Waals surface area contributed by atoms with E-state index in [9.17, 15) is 9.59 Å². The Labute approximate surface area is 163 Å². The first-order chi connectivity index (χ1) is 13.2. The van der Waals surface area contributed by atoms with Crippen molar-refractivity contribution < 1.29 is 4.79 Å². The monoisotopic (exact) mass is 398 g/mol. The normalized spacial score (nSPS) is 11.3. The predicted octanol–water partition coefficient (Wildman–Crippen LogP) is 3.62. The van der Waals surface area contributed by atoms with Crippen LogP contribution in [0.2, 0.25) is 0 Å². The Bertz CT molecular complexity index is 1180. The zero-order chi connectivity index (χ0) is 18.8. The Morgan fingerprint density at radius 3 is 2.96 bits per heavy atom. The average molecular weight is 399 g/mol. The third kappa shape index (κ3) is 3.63. The van der Waals surface area contributed by atoms with Crippen LogP contribution in [-0.4, -0.2) is 39.4 Å². The second kappa shape index (κ2) is 7.58. The highest BCUT2D eigenvalue weighted by Gasteiger charge is 2.13. The number of aromatic nitrogens is 3. The second-order valence-corrected chi connectivity index (χ2v) is 7.90. The molecule has 1 aromatic carbocycles. The van der Waals surface area contributed by atoms with Crippen molar-refractivity contribution >= 4 is 50.9 Å². The lowest BCUT2D eigenvalue weighted by atomic mass is 10.1. The summed E-state index contributed by atoms with van der Waals surface area (Å²) < 4.78 is 0. The van der Waals surface area contributed by atoms with E-state index < -0.39 is 0 Å². The Balaban J connectivity index is 1.63. The van der Waals surface area contributed by atoms with Gasteiger partial charge in [0, 0.05) is 33.8 Å². The summed E-state index contributed by atoms with van der Waals surface area (Å²) in [5, 5.41) is 7.57.